The van der Waals surface area contributed by atoms with E-state index in [9.17, 15) is 4.79 Å². The zero-order valence-electron chi connectivity index (χ0n) is 17.9. The molecule has 1 aliphatic heterocycles. The van der Waals surface area contributed by atoms with Crippen LogP contribution in [-0.4, -0.2) is 29.2 Å². The molecule has 2 heterocycles. The first-order chi connectivity index (χ1) is 14.5. The highest BCUT2D eigenvalue weighted by Crippen LogP contribution is 2.25. The zero-order valence-corrected chi connectivity index (χ0v) is 17.9. The average molecular weight is 401 g/mol. The standard InChI is InChI=1S/C25H28N4O/c1-17-5-4-6-21(15-17)23-9-10-24(28-27-23)29-13-11-20(12-14-29)25(30)26-22-8-7-18(2)19(3)16-22/h4-10,15-16,20H,11-14H2,1-3H3,(H,26,30). The lowest BCUT2D eigenvalue weighted by atomic mass is 9.95. The largest absolute Gasteiger partial charge is 0.355 e. The fourth-order valence-corrected chi connectivity index (χ4v) is 3.89. The Morgan fingerprint density at radius 1 is 0.933 bits per heavy atom. The smallest absolute Gasteiger partial charge is 0.227 e. The Balaban J connectivity index is 1.34. The summed E-state index contributed by atoms with van der Waals surface area (Å²) in [5.41, 5.74) is 6.47. The van der Waals surface area contributed by atoms with Gasteiger partial charge in [0, 0.05) is 30.3 Å². The van der Waals surface area contributed by atoms with Gasteiger partial charge in [-0.1, -0.05) is 29.8 Å². The predicted molar refractivity (Wildman–Crippen MR) is 122 cm³/mol. The molecule has 5 heteroatoms. The number of aromatic nitrogens is 2. The number of carbonyl (C=O) groups excluding carboxylic acids is 1. The lowest BCUT2D eigenvalue weighted by Gasteiger charge is -2.31. The van der Waals surface area contributed by atoms with Gasteiger partial charge in [-0.25, -0.2) is 0 Å². The molecular weight excluding hydrogens is 372 g/mol. The van der Waals surface area contributed by atoms with Crippen LogP contribution in [0.15, 0.2) is 54.6 Å². The summed E-state index contributed by atoms with van der Waals surface area (Å²) in [6.45, 7) is 7.83. The van der Waals surface area contributed by atoms with Crippen molar-refractivity contribution in [3.8, 4) is 11.3 Å². The summed E-state index contributed by atoms with van der Waals surface area (Å²) in [6, 6.07) is 18.4. The van der Waals surface area contributed by atoms with Gasteiger partial charge in [0.25, 0.3) is 0 Å². The number of benzene rings is 2. The van der Waals surface area contributed by atoms with Crippen LogP contribution in [0.2, 0.25) is 0 Å². The second kappa shape index (κ2) is 8.66. The molecule has 30 heavy (non-hydrogen) atoms. The number of rotatable bonds is 4. The van der Waals surface area contributed by atoms with Gasteiger partial charge in [0.15, 0.2) is 5.82 Å². The summed E-state index contributed by atoms with van der Waals surface area (Å²) in [5.74, 6) is 1.01. The summed E-state index contributed by atoms with van der Waals surface area (Å²) in [4.78, 5) is 14.9. The van der Waals surface area contributed by atoms with E-state index in [1.54, 1.807) is 0 Å². The topological polar surface area (TPSA) is 58.1 Å². The van der Waals surface area contributed by atoms with Crippen LogP contribution in [0.5, 0.6) is 0 Å². The first-order valence-corrected chi connectivity index (χ1v) is 10.5. The van der Waals surface area contributed by atoms with Gasteiger partial charge >= 0.3 is 0 Å². The molecule has 0 unspecified atom stereocenters. The SMILES string of the molecule is Cc1cccc(-c2ccc(N3CCC(C(=O)Nc4ccc(C)c(C)c4)CC3)nn2)c1. The molecule has 3 aromatic rings. The highest BCUT2D eigenvalue weighted by atomic mass is 16.1. The minimum atomic E-state index is 0.0300. The molecule has 0 bridgehead atoms. The van der Waals surface area contributed by atoms with E-state index in [1.807, 2.05) is 36.4 Å². The molecule has 0 aliphatic carbocycles. The number of hydrogen-bond acceptors (Lipinski definition) is 4. The van der Waals surface area contributed by atoms with E-state index in [4.69, 9.17) is 0 Å². The van der Waals surface area contributed by atoms with Gasteiger partial charge in [0.2, 0.25) is 5.91 Å². The highest BCUT2D eigenvalue weighted by molar-refractivity contribution is 5.92. The number of anilines is 2. The molecule has 1 aromatic heterocycles. The van der Waals surface area contributed by atoms with Crippen molar-refractivity contribution >= 4 is 17.4 Å². The van der Waals surface area contributed by atoms with E-state index in [2.05, 4.69) is 59.4 Å². The fraction of sp³-hybridized carbons (Fsp3) is 0.320. The Bertz CT molecular complexity index is 1040. The number of nitrogens with zero attached hydrogens (tertiary/aromatic N) is 3. The Morgan fingerprint density at radius 3 is 2.40 bits per heavy atom. The fourth-order valence-electron chi connectivity index (χ4n) is 3.89. The molecule has 1 amide bonds. The minimum absolute atomic E-state index is 0.0300. The van der Waals surface area contributed by atoms with Crippen LogP contribution in [0.25, 0.3) is 11.3 Å². The van der Waals surface area contributed by atoms with Crippen molar-refractivity contribution in [1.82, 2.24) is 10.2 Å². The van der Waals surface area contributed by atoms with Gasteiger partial charge in [-0.3, -0.25) is 4.79 Å². The second-order valence-electron chi connectivity index (χ2n) is 8.20. The molecule has 4 rings (SSSR count). The Morgan fingerprint density at radius 2 is 1.73 bits per heavy atom. The summed E-state index contributed by atoms with van der Waals surface area (Å²) < 4.78 is 0. The monoisotopic (exact) mass is 400 g/mol. The van der Waals surface area contributed by atoms with Gasteiger partial charge in [-0.05, 0) is 75.1 Å². The number of hydrogen-bond donors (Lipinski definition) is 1. The molecule has 2 aromatic carbocycles. The molecule has 154 valence electrons. The highest BCUT2D eigenvalue weighted by Gasteiger charge is 2.26. The summed E-state index contributed by atoms with van der Waals surface area (Å²) in [6.07, 6.45) is 1.63. The van der Waals surface area contributed by atoms with Crippen molar-refractivity contribution in [2.75, 3.05) is 23.3 Å². The average Bonchev–Trinajstić information content (AvgIpc) is 2.76. The quantitative estimate of drug-likeness (QED) is 0.675. The van der Waals surface area contributed by atoms with Crippen LogP contribution < -0.4 is 10.2 Å². The van der Waals surface area contributed by atoms with Crippen LogP contribution >= 0.6 is 0 Å². The van der Waals surface area contributed by atoms with E-state index in [1.165, 1.54) is 16.7 Å². The molecule has 0 atom stereocenters. The van der Waals surface area contributed by atoms with E-state index in [-0.39, 0.29) is 11.8 Å². The number of nitrogens with one attached hydrogen (secondary N) is 1. The van der Waals surface area contributed by atoms with E-state index < -0.39 is 0 Å². The molecule has 0 saturated carbocycles. The number of amides is 1. The molecule has 1 fully saturated rings. The predicted octanol–water partition coefficient (Wildman–Crippen LogP) is 4.92. The zero-order chi connectivity index (χ0) is 21.1. The van der Waals surface area contributed by atoms with E-state index in [0.29, 0.717) is 0 Å². The lowest BCUT2D eigenvalue weighted by Crippen LogP contribution is -2.38. The van der Waals surface area contributed by atoms with Crippen LogP contribution in [0, 0.1) is 26.7 Å². The third-order valence-electron chi connectivity index (χ3n) is 5.93. The molecule has 5 nitrogen and oxygen atoms in total. The van der Waals surface area contributed by atoms with Gasteiger partial charge in [-0.15, -0.1) is 10.2 Å². The number of piperidine rings is 1. The van der Waals surface area contributed by atoms with Crippen molar-refractivity contribution in [1.29, 1.82) is 0 Å². The summed E-state index contributed by atoms with van der Waals surface area (Å²) in [5, 5.41) is 11.9. The first kappa shape index (κ1) is 20.1. The Labute approximate surface area is 178 Å². The van der Waals surface area contributed by atoms with Crippen molar-refractivity contribution in [3.63, 3.8) is 0 Å². The Kier molecular flexibility index (Phi) is 5.79. The maximum Gasteiger partial charge on any atom is 0.227 e. The minimum Gasteiger partial charge on any atom is -0.355 e. The molecule has 0 spiro atoms. The third-order valence-corrected chi connectivity index (χ3v) is 5.93. The molecular formula is C25H28N4O. The molecule has 1 N–H and O–H groups in total. The maximum atomic E-state index is 12.7. The third kappa shape index (κ3) is 4.51. The van der Waals surface area contributed by atoms with Gasteiger partial charge < -0.3 is 10.2 Å². The van der Waals surface area contributed by atoms with Crippen LogP contribution in [0.3, 0.4) is 0 Å². The van der Waals surface area contributed by atoms with Crippen LogP contribution in [-0.2, 0) is 4.79 Å². The number of carbonyl (C=O) groups is 1. The van der Waals surface area contributed by atoms with Gasteiger partial charge in [0.1, 0.15) is 0 Å². The molecule has 1 aliphatic rings. The van der Waals surface area contributed by atoms with Gasteiger partial charge in [-0.2, -0.15) is 0 Å². The molecule has 0 radical (unpaired) electrons. The molecule has 1 saturated heterocycles. The lowest BCUT2D eigenvalue weighted by molar-refractivity contribution is -0.120. The Hall–Kier alpha value is -3.21. The summed E-state index contributed by atoms with van der Waals surface area (Å²) in [7, 11) is 0. The maximum absolute atomic E-state index is 12.7. The normalized spacial score (nSPS) is 14.6. The summed E-state index contributed by atoms with van der Waals surface area (Å²) >= 11 is 0. The second-order valence-corrected chi connectivity index (χ2v) is 8.20. The first-order valence-electron chi connectivity index (χ1n) is 10.5. The van der Waals surface area contributed by atoms with E-state index in [0.717, 1.165) is 48.7 Å². The van der Waals surface area contributed by atoms with Crippen molar-refractivity contribution in [2.45, 2.75) is 33.6 Å². The van der Waals surface area contributed by atoms with E-state index >= 15 is 0 Å². The van der Waals surface area contributed by atoms with Crippen LogP contribution in [0.1, 0.15) is 29.5 Å². The van der Waals surface area contributed by atoms with Crippen molar-refractivity contribution in [2.24, 2.45) is 5.92 Å². The van der Waals surface area contributed by atoms with Crippen LogP contribution in [0.4, 0.5) is 11.5 Å². The number of aryl methyl sites for hydroxylation is 3. The van der Waals surface area contributed by atoms with Gasteiger partial charge in [0.05, 0.1) is 5.69 Å². The van der Waals surface area contributed by atoms with Crippen molar-refractivity contribution in [3.05, 3.63) is 71.3 Å². The van der Waals surface area contributed by atoms with Crippen molar-refractivity contribution < 1.29 is 4.79 Å².